The fraction of sp³-hybridized carbons (Fsp3) is 0.731. The first-order valence-corrected chi connectivity index (χ1v) is 14.9. The van der Waals surface area contributed by atoms with E-state index < -0.39 is 62.7 Å². The zero-order valence-corrected chi connectivity index (χ0v) is 24.1. The molecule has 2 rings (SSSR count). The number of ether oxygens (including phenoxy) is 5. The molecule has 2 fully saturated rings. The van der Waals surface area contributed by atoms with Crippen LogP contribution in [0.3, 0.4) is 0 Å². The van der Waals surface area contributed by atoms with Crippen LogP contribution in [0.5, 0.6) is 0 Å². The van der Waals surface area contributed by atoms with E-state index in [2.05, 4.69) is 17.7 Å². The third-order valence-electron chi connectivity index (χ3n) is 6.75. The number of phosphoric acid groups is 1. The molecule has 0 heterocycles. The molecule has 0 bridgehead atoms. The molecule has 4 N–H and O–H groups in total. The fourth-order valence-corrected chi connectivity index (χ4v) is 4.83. The van der Waals surface area contributed by atoms with E-state index in [9.17, 15) is 29.2 Å². The summed E-state index contributed by atoms with van der Waals surface area (Å²) in [5.74, 6) is -2.32. The topological polar surface area (TPSA) is 205 Å². The van der Waals surface area contributed by atoms with Crippen molar-refractivity contribution < 1.29 is 67.2 Å². The normalized spacial score (nSPS) is 26.6. The van der Waals surface area contributed by atoms with Crippen LogP contribution < -0.4 is 0 Å². The van der Waals surface area contributed by atoms with Gasteiger partial charge in [0.05, 0.1) is 62.3 Å². The van der Waals surface area contributed by atoms with Crippen LogP contribution >= 0.6 is 7.82 Å². The summed E-state index contributed by atoms with van der Waals surface area (Å²) in [6, 6.07) is 0. The predicted molar refractivity (Wildman–Crippen MR) is 141 cm³/mol. The molecule has 234 valence electrons. The van der Waals surface area contributed by atoms with Gasteiger partial charge in [-0.3, -0.25) is 9.32 Å². The van der Waals surface area contributed by atoms with Gasteiger partial charge in [-0.15, -0.1) is 0 Å². The number of carbonyl (C=O) groups is 3. The molecule has 0 radical (unpaired) electrons. The summed E-state index contributed by atoms with van der Waals surface area (Å²) >= 11 is 0. The van der Waals surface area contributed by atoms with Crippen molar-refractivity contribution in [2.45, 2.75) is 69.9 Å². The minimum Gasteiger partial charge on any atom is -0.465 e. The van der Waals surface area contributed by atoms with Crippen molar-refractivity contribution >= 4 is 25.7 Å². The van der Waals surface area contributed by atoms with Gasteiger partial charge in [-0.1, -0.05) is 13.2 Å². The predicted octanol–water partition coefficient (Wildman–Crippen LogP) is 0.950. The average molecular weight is 609 g/mol. The largest absolute Gasteiger partial charge is 0.469 e. The Morgan fingerprint density at radius 2 is 1.37 bits per heavy atom. The van der Waals surface area contributed by atoms with Gasteiger partial charge in [-0.2, -0.15) is 0 Å². The molecule has 0 aliphatic heterocycles. The van der Waals surface area contributed by atoms with Crippen LogP contribution in [0.2, 0.25) is 0 Å². The first kappa shape index (κ1) is 35.0. The van der Waals surface area contributed by atoms with Gasteiger partial charge in [0, 0.05) is 5.57 Å². The van der Waals surface area contributed by atoms with E-state index in [1.165, 1.54) is 0 Å². The van der Waals surface area contributed by atoms with Gasteiger partial charge < -0.3 is 43.7 Å². The number of aliphatic hydroxyl groups is 2. The van der Waals surface area contributed by atoms with E-state index in [0.717, 1.165) is 0 Å². The molecule has 6 atom stereocenters. The molecule has 0 aromatic heterocycles. The lowest BCUT2D eigenvalue weighted by molar-refractivity contribution is -0.159. The standard InChI is InChI=1S/C26H41O14P/c1-16(2)24(29)37-10-8-36-23-7-5-19(13-21(23)28)26(31)39-15-18-4-6-22(20(27)12-18)35-9-11-38-25(30)17(3)14-40-41(32,33)34/h18-23,27-28H,1,3-15H2,2H3,(H2,32,33,34). The van der Waals surface area contributed by atoms with Crippen LogP contribution in [0.4, 0.5) is 0 Å². The van der Waals surface area contributed by atoms with Crippen LogP contribution in [-0.2, 0) is 47.2 Å². The van der Waals surface area contributed by atoms with E-state index in [-0.39, 0.29) is 56.5 Å². The molecule has 0 saturated heterocycles. The molecule has 41 heavy (non-hydrogen) atoms. The SMILES string of the molecule is C=C(C)C(=O)OCCOC1CCC(C(=O)OCC2CCC(OCCOC(=O)C(=C)COP(=O)(O)O)C(O)C2)CC1O. The number of esters is 3. The van der Waals surface area contributed by atoms with Crippen molar-refractivity contribution in [3.8, 4) is 0 Å². The Hall–Kier alpha value is -2.16. The molecule has 0 spiro atoms. The zero-order valence-electron chi connectivity index (χ0n) is 23.2. The Morgan fingerprint density at radius 1 is 0.805 bits per heavy atom. The highest BCUT2D eigenvalue weighted by Gasteiger charge is 2.35. The molecule has 0 amide bonds. The van der Waals surface area contributed by atoms with Gasteiger partial charge in [-0.05, 0) is 51.4 Å². The van der Waals surface area contributed by atoms with Gasteiger partial charge in [0.2, 0.25) is 0 Å². The summed E-state index contributed by atoms with van der Waals surface area (Å²) in [4.78, 5) is 53.0. The van der Waals surface area contributed by atoms with Crippen molar-refractivity contribution in [3.63, 3.8) is 0 Å². The van der Waals surface area contributed by atoms with Crippen LogP contribution in [0.1, 0.15) is 45.4 Å². The number of aliphatic hydroxyl groups excluding tert-OH is 2. The summed E-state index contributed by atoms with van der Waals surface area (Å²) < 4.78 is 41.4. The molecule has 6 unspecified atom stereocenters. The third-order valence-corrected chi connectivity index (χ3v) is 7.22. The van der Waals surface area contributed by atoms with E-state index >= 15 is 0 Å². The molecule has 2 aliphatic rings. The molecular weight excluding hydrogens is 567 g/mol. The van der Waals surface area contributed by atoms with Crippen molar-refractivity contribution in [2.24, 2.45) is 11.8 Å². The van der Waals surface area contributed by atoms with Gasteiger partial charge in [0.15, 0.2) is 0 Å². The van der Waals surface area contributed by atoms with Crippen molar-refractivity contribution in [1.29, 1.82) is 0 Å². The number of hydrogen-bond acceptors (Lipinski definition) is 12. The maximum Gasteiger partial charge on any atom is 0.469 e. The van der Waals surface area contributed by atoms with E-state index in [4.69, 9.17) is 33.5 Å². The third kappa shape index (κ3) is 13.1. The Labute approximate surface area is 238 Å². The van der Waals surface area contributed by atoms with Crippen LogP contribution in [-0.4, -0.2) is 102 Å². The lowest BCUT2D eigenvalue weighted by Crippen LogP contribution is -2.40. The second-order valence-corrected chi connectivity index (χ2v) is 11.4. The van der Waals surface area contributed by atoms with Crippen molar-refractivity contribution in [3.05, 3.63) is 24.3 Å². The zero-order chi connectivity index (χ0) is 30.6. The second-order valence-electron chi connectivity index (χ2n) is 10.2. The monoisotopic (exact) mass is 608 g/mol. The quantitative estimate of drug-likeness (QED) is 0.0633. The Balaban J connectivity index is 1.59. The molecular formula is C26H41O14P. The number of rotatable bonds is 16. The van der Waals surface area contributed by atoms with Gasteiger partial charge in [0.25, 0.3) is 0 Å². The number of hydrogen-bond donors (Lipinski definition) is 4. The molecule has 2 saturated carbocycles. The molecule has 0 aromatic carbocycles. The molecule has 14 nitrogen and oxygen atoms in total. The maximum atomic E-state index is 12.6. The highest BCUT2D eigenvalue weighted by molar-refractivity contribution is 7.46. The minimum atomic E-state index is -4.73. The van der Waals surface area contributed by atoms with Gasteiger partial charge in [-0.25, -0.2) is 14.2 Å². The first-order valence-electron chi connectivity index (χ1n) is 13.4. The van der Waals surface area contributed by atoms with Crippen molar-refractivity contribution in [2.75, 3.05) is 39.6 Å². The lowest BCUT2D eigenvalue weighted by atomic mass is 9.84. The smallest absolute Gasteiger partial charge is 0.465 e. The summed E-state index contributed by atoms with van der Waals surface area (Å²) in [5, 5.41) is 20.8. The number of phosphoric ester groups is 1. The van der Waals surface area contributed by atoms with Crippen molar-refractivity contribution in [1.82, 2.24) is 0 Å². The second kappa shape index (κ2) is 17.1. The van der Waals surface area contributed by atoms with E-state index in [1.54, 1.807) is 6.92 Å². The Morgan fingerprint density at radius 3 is 1.90 bits per heavy atom. The van der Waals surface area contributed by atoms with Gasteiger partial charge in [0.1, 0.15) is 13.2 Å². The van der Waals surface area contributed by atoms with Crippen LogP contribution in [0, 0.1) is 11.8 Å². The number of carbonyl (C=O) groups excluding carboxylic acids is 3. The maximum absolute atomic E-state index is 12.6. The lowest BCUT2D eigenvalue weighted by Gasteiger charge is -2.34. The van der Waals surface area contributed by atoms with Crippen LogP contribution in [0.25, 0.3) is 0 Å². The van der Waals surface area contributed by atoms with Crippen LogP contribution in [0.15, 0.2) is 24.3 Å². The highest BCUT2D eigenvalue weighted by Crippen LogP contribution is 2.36. The summed E-state index contributed by atoms with van der Waals surface area (Å²) in [6.07, 6.45) is 0.0457. The Kier molecular flexibility index (Phi) is 14.6. The molecule has 2 aliphatic carbocycles. The van der Waals surface area contributed by atoms with Gasteiger partial charge >= 0.3 is 25.7 Å². The minimum absolute atomic E-state index is 0.00585. The highest BCUT2D eigenvalue weighted by atomic mass is 31.2. The summed E-state index contributed by atoms with van der Waals surface area (Å²) in [7, 11) is -4.73. The fourth-order valence-electron chi connectivity index (χ4n) is 4.51. The summed E-state index contributed by atoms with van der Waals surface area (Å²) in [5.41, 5.74) is 0.0234. The Bertz CT molecular complexity index is 962. The average Bonchev–Trinajstić information content (AvgIpc) is 2.91. The van der Waals surface area contributed by atoms with E-state index in [1.807, 2.05) is 0 Å². The van der Waals surface area contributed by atoms with E-state index in [0.29, 0.717) is 32.1 Å². The molecule has 0 aromatic rings. The summed E-state index contributed by atoms with van der Waals surface area (Å²) in [6.45, 7) is 7.85. The first-order chi connectivity index (χ1) is 19.3. The molecule has 15 heteroatoms.